The van der Waals surface area contributed by atoms with Crippen molar-refractivity contribution in [1.82, 2.24) is 15.1 Å². The van der Waals surface area contributed by atoms with E-state index >= 15 is 0 Å². The SMILES string of the molecule is CCCC(C)=O.CCCc1ccc2c(c1)C(=O)N(CCc1c[nH][nH]1)C(c1ccc(C#N)cc1)C2.Cc1ccc(C(F)(F)F)cc1. The highest BCUT2D eigenvalue weighted by Crippen LogP contribution is 2.34. The molecule has 0 aliphatic carbocycles. The Morgan fingerprint density at radius 1 is 1.00 bits per heavy atom. The fourth-order valence-corrected chi connectivity index (χ4v) is 5.04. The summed E-state index contributed by atoms with van der Waals surface area (Å²) in [6.07, 6.45) is 3.07. The van der Waals surface area contributed by atoms with E-state index in [9.17, 15) is 22.8 Å². The molecule has 1 aliphatic heterocycles. The van der Waals surface area contributed by atoms with Gasteiger partial charge in [0.1, 0.15) is 5.78 Å². The number of amides is 1. The lowest BCUT2D eigenvalue weighted by molar-refractivity contribution is -0.137. The van der Waals surface area contributed by atoms with Crippen molar-refractivity contribution in [3.63, 3.8) is 0 Å². The number of ketones is 1. The van der Waals surface area contributed by atoms with E-state index in [1.807, 2.05) is 42.3 Å². The van der Waals surface area contributed by atoms with Gasteiger partial charge in [-0.25, -0.2) is 0 Å². The fraction of sp³-hybridized carbons (Fsp3) is 0.361. The molecule has 5 rings (SSSR count). The van der Waals surface area contributed by atoms with Crippen LogP contribution in [0, 0.1) is 18.3 Å². The number of fused-ring (bicyclic) bond motifs is 1. The number of carbonyl (C=O) groups excluding carboxylic acids is 2. The summed E-state index contributed by atoms with van der Waals surface area (Å²) in [7, 11) is 0. The van der Waals surface area contributed by atoms with Gasteiger partial charge in [0.2, 0.25) is 0 Å². The molecule has 0 saturated carbocycles. The summed E-state index contributed by atoms with van der Waals surface area (Å²) in [4.78, 5) is 25.4. The van der Waals surface area contributed by atoms with Crippen LogP contribution in [0.1, 0.15) is 95.5 Å². The van der Waals surface area contributed by atoms with E-state index < -0.39 is 11.7 Å². The second kappa shape index (κ2) is 16.5. The van der Waals surface area contributed by atoms with E-state index in [2.05, 4.69) is 41.4 Å². The molecule has 1 unspecified atom stereocenters. The summed E-state index contributed by atoms with van der Waals surface area (Å²) in [6, 6.07) is 21.2. The van der Waals surface area contributed by atoms with Crippen molar-refractivity contribution in [2.24, 2.45) is 0 Å². The Morgan fingerprint density at radius 2 is 1.67 bits per heavy atom. The van der Waals surface area contributed by atoms with Gasteiger partial charge >= 0.3 is 6.18 Å². The Balaban J connectivity index is 0.000000267. The van der Waals surface area contributed by atoms with Gasteiger partial charge in [-0.1, -0.05) is 62.2 Å². The van der Waals surface area contributed by atoms with Crippen LogP contribution in [0.15, 0.2) is 72.9 Å². The number of aromatic nitrogens is 2. The predicted molar refractivity (Wildman–Crippen MR) is 170 cm³/mol. The normalized spacial score (nSPS) is 14.0. The number of carbonyl (C=O) groups is 2. The number of benzene rings is 3. The molecule has 0 spiro atoms. The van der Waals surface area contributed by atoms with Crippen LogP contribution in [-0.4, -0.2) is 33.3 Å². The molecule has 6 nitrogen and oxygen atoms in total. The molecule has 4 aromatic rings. The van der Waals surface area contributed by atoms with E-state index in [1.54, 1.807) is 13.8 Å². The average Bonchev–Trinajstić information content (AvgIpc) is 2.98. The molecule has 1 aromatic heterocycles. The largest absolute Gasteiger partial charge is 0.416 e. The Kier molecular flexibility index (Phi) is 12.8. The minimum Gasteiger partial charge on any atom is -0.331 e. The number of Topliss-reactive ketones (excluding diaryl/α,β-unsaturated/α-hetero) is 1. The number of hydrogen-bond acceptors (Lipinski definition) is 3. The highest BCUT2D eigenvalue weighted by atomic mass is 19.4. The summed E-state index contributed by atoms with van der Waals surface area (Å²) in [5.41, 5.74) is 6.22. The number of rotatable bonds is 8. The van der Waals surface area contributed by atoms with E-state index in [0.29, 0.717) is 12.1 Å². The quantitative estimate of drug-likeness (QED) is 0.207. The van der Waals surface area contributed by atoms with Gasteiger partial charge in [-0.05, 0) is 80.1 Å². The first-order valence-electron chi connectivity index (χ1n) is 15.2. The van der Waals surface area contributed by atoms with Crippen molar-refractivity contribution < 1.29 is 22.8 Å². The van der Waals surface area contributed by atoms with Gasteiger partial charge in [-0.15, -0.1) is 0 Å². The molecule has 238 valence electrons. The molecule has 0 bridgehead atoms. The van der Waals surface area contributed by atoms with Crippen molar-refractivity contribution in [2.45, 2.75) is 78.4 Å². The molecule has 1 aliphatic rings. The first-order chi connectivity index (χ1) is 21.5. The van der Waals surface area contributed by atoms with Crippen LogP contribution in [0.3, 0.4) is 0 Å². The summed E-state index contributed by atoms with van der Waals surface area (Å²) in [5, 5.41) is 15.0. The molecule has 1 atom stereocenters. The monoisotopic (exact) mass is 618 g/mol. The molecular weight excluding hydrogens is 577 g/mol. The maximum Gasteiger partial charge on any atom is 0.416 e. The van der Waals surface area contributed by atoms with Gasteiger partial charge in [-0.2, -0.15) is 18.4 Å². The topological polar surface area (TPSA) is 92.8 Å². The Labute approximate surface area is 263 Å². The number of hydrogen-bond donors (Lipinski definition) is 2. The van der Waals surface area contributed by atoms with Crippen molar-refractivity contribution in [3.8, 4) is 6.07 Å². The van der Waals surface area contributed by atoms with Gasteiger partial charge in [0.25, 0.3) is 5.91 Å². The number of nitrogens with one attached hydrogen (secondary N) is 2. The number of aromatic amines is 2. The lowest BCUT2D eigenvalue weighted by atomic mass is 9.87. The predicted octanol–water partition coefficient (Wildman–Crippen LogP) is 8.54. The molecule has 2 N–H and O–H groups in total. The van der Waals surface area contributed by atoms with Gasteiger partial charge in [0, 0.05) is 31.1 Å². The molecule has 3 aromatic carbocycles. The smallest absolute Gasteiger partial charge is 0.331 e. The summed E-state index contributed by atoms with van der Waals surface area (Å²) in [6.45, 7) is 8.17. The number of alkyl halides is 3. The fourth-order valence-electron chi connectivity index (χ4n) is 5.04. The van der Waals surface area contributed by atoms with E-state index in [1.165, 1.54) is 17.7 Å². The number of aryl methyl sites for hydroxylation is 2. The summed E-state index contributed by atoms with van der Waals surface area (Å²) >= 11 is 0. The van der Waals surface area contributed by atoms with Gasteiger partial charge in [-0.3, -0.25) is 4.79 Å². The van der Waals surface area contributed by atoms with Crippen molar-refractivity contribution in [1.29, 1.82) is 5.26 Å². The third-order valence-corrected chi connectivity index (χ3v) is 7.50. The maximum atomic E-state index is 13.4. The molecule has 0 radical (unpaired) electrons. The average molecular weight is 619 g/mol. The van der Waals surface area contributed by atoms with Gasteiger partial charge in [0.05, 0.1) is 28.9 Å². The van der Waals surface area contributed by atoms with Gasteiger partial charge < -0.3 is 19.9 Å². The van der Waals surface area contributed by atoms with Crippen molar-refractivity contribution in [2.75, 3.05) is 6.54 Å². The minimum absolute atomic E-state index is 0.0154. The zero-order valence-electron chi connectivity index (χ0n) is 26.3. The van der Waals surface area contributed by atoms with Crippen LogP contribution in [0.4, 0.5) is 13.2 Å². The Hall–Kier alpha value is -4.58. The van der Waals surface area contributed by atoms with Crippen LogP contribution < -0.4 is 0 Å². The molecular formula is C36H41F3N4O2. The zero-order valence-corrected chi connectivity index (χ0v) is 26.3. The standard InChI is InChI=1S/C23H24N4O.C8H7F3.C5H10O/c1-2-3-16-4-9-19-13-22(18-7-5-17(14-24)6-8-18)27(23(28)21(19)12-16)11-10-20-15-25-26-20;1-6-2-4-7(5-3-6)8(9,10)11;1-3-4-5(2)6/h4-9,12,15,22,25-26H,2-3,10-11,13H2,1H3;2-5H,1H3;3-4H2,1-2H3. The molecule has 45 heavy (non-hydrogen) atoms. The van der Waals surface area contributed by atoms with Gasteiger partial charge in [0.15, 0.2) is 0 Å². The summed E-state index contributed by atoms with van der Waals surface area (Å²) in [5.74, 6) is 0.388. The third kappa shape index (κ3) is 10.2. The Bertz CT molecular complexity index is 1550. The highest BCUT2D eigenvalue weighted by molar-refractivity contribution is 5.97. The zero-order chi connectivity index (χ0) is 33.0. The second-order valence-corrected chi connectivity index (χ2v) is 11.2. The molecule has 0 saturated heterocycles. The van der Waals surface area contributed by atoms with E-state index in [-0.39, 0.29) is 17.7 Å². The minimum atomic E-state index is -4.21. The number of halogens is 3. The van der Waals surface area contributed by atoms with Crippen LogP contribution in [-0.2, 0) is 30.2 Å². The van der Waals surface area contributed by atoms with Crippen LogP contribution in [0.5, 0.6) is 0 Å². The first-order valence-corrected chi connectivity index (χ1v) is 15.2. The number of nitrogens with zero attached hydrogens (tertiary/aromatic N) is 2. The van der Waals surface area contributed by atoms with Crippen LogP contribution in [0.25, 0.3) is 0 Å². The van der Waals surface area contributed by atoms with Crippen LogP contribution >= 0.6 is 0 Å². The Morgan fingerprint density at radius 3 is 2.16 bits per heavy atom. The van der Waals surface area contributed by atoms with Crippen molar-refractivity contribution in [3.05, 3.63) is 118 Å². The number of H-pyrrole nitrogens is 2. The third-order valence-electron chi connectivity index (χ3n) is 7.50. The maximum absolute atomic E-state index is 13.4. The lowest BCUT2D eigenvalue weighted by Gasteiger charge is -2.37. The number of nitriles is 1. The van der Waals surface area contributed by atoms with Crippen molar-refractivity contribution >= 4 is 11.7 Å². The molecule has 9 heteroatoms. The van der Waals surface area contributed by atoms with E-state index in [0.717, 1.165) is 78.6 Å². The summed E-state index contributed by atoms with van der Waals surface area (Å²) < 4.78 is 35.8. The molecule has 2 heterocycles. The highest BCUT2D eigenvalue weighted by Gasteiger charge is 2.33. The molecule has 0 fully saturated rings. The lowest BCUT2D eigenvalue weighted by Crippen LogP contribution is -2.41. The first kappa shape index (κ1) is 34.9. The van der Waals surface area contributed by atoms with Crippen LogP contribution in [0.2, 0.25) is 0 Å². The molecule has 1 amide bonds. The van der Waals surface area contributed by atoms with E-state index in [4.69, 9.17) is 5.26 Å². The second-order valence-electron chi connectivity index (χ2n) is 11.2.